The summed E-state index contributed by atoms with van der Waals surface area (Å²) in [5, 5.41) is 10.5. The van der Waals surface area contributed by atoms with Crippen LogP contribution >= 0.6 is 0 Å². The van der Waals surface area contributed by atoms with E-state index in [9.17, 15) is 14.9 Å². The number of carbonyl (C=O) groups is 1. The first-order chi connectivity index (χ1) is 9.60. The zero-order chi connectivity index (χ0) is 14.5. The summed E-state index contributed by atoms with van der Waals surface area (Å²) < 4.78 is 10.1. The molecule has 0 spiro atoms. The number of hydrogen-bond donors (Lipinski definition) is 0. The minimum Gasteiger partial charge on any atom is -0.465 e. The molecule has 0 amide bonds. The molecule has 2 rings (SSSR count). The predicted octanol–water partition coefficient (Wildman–Crippen LogP) is 3.17. The van der Waals surface area contributed by atoms with E-state index in [4.69, 9.17) is 4.74 Å². The Labute approximate surface area is 114 Å². The Hall–Kier alpha value is -2.89. The van der Waals surface area contributed by atoms with Crippen LogP contribution in [0.4, 0.5) is 5.69 Å². The van der Waals surface area contributed by atoms with E-state index in [1.54, 1.807) is 18.2 Å². The molecule has 0 aliphatic heterocycles. The van der Waals surface area contributed by atoms with Crippen molar-refractivity contribution in [2.45, 2.75) is 0 Å². The number of hydrogen-bond acceptors (Lipinski definition) is 5. The molecular weight excluding hydrogens is 262 g/mol. The number of rotatable bonds is 4. The number of nitro groups is 1. The molecule has 0 heterocycles. The smallest absolute Gasteiger partial charge is 0.337 e. The highest BCUT2D eigenvalue weighted by molar-refractivity contribution is 5.89. The highest BCUT2D eigenvalue weighted by atomic mass is 16.6. The molecule has 0 aliphatic carbocycles. The van der Waals surface area contributed by atoms with Crippen molar-refractivity contribution in [2.24, 2.45) is 0 Å². The fraction of sp³-hybridized carbons (Fsp3) is 0.0714. The Morgan fingerprint density at radius 1 is 1.10 bits per heavy atom. The zero-order valence-corrected chi connectivity index (χ0v) is 10.6. The van der Waals surface area contributed by atoms with Gasteiger partial charge in [0.15, 0.2) is 0 Å². The maximum Gasteiger partial charge on any atom is 0.337 e. The molecule has 6 nitrogen and oxygen atoms in total. The van der Waals surface area contributed by atoms with E-state index >= 15 is 0 Å². The molecule has 0 saturated heterocycles. The molecule has 2 aromatic carbocycles. The van der Waals surface area contributed by atoms with Gasteiger partial charge in [-0.05, 0) is 30.3 Å². The van der Waals surface area contributed by atoms with Crippen molar-refractivity contribution in [1.29, 1.82) is 0 Å². The van der Waals surface area contributed by atoms with Crippen LogP contribution in [0.1, 0.15) is 10.4 Å². The number of methoxy groups -OCH3 is 1. The van der Waals surface area contributed by atoms with Gasteiger partial charge >= 0.3 is 5.97 Å². The molecule has 0 atom stereocenters. The molecule has 0 fully saturated rings. The van der Waals surface area contributed by atoms with E-state index in [0.717, 1.165) is 0 Å². The zero-order valence-electron chi connectivity index (χ0n) is 10.6. The number of esters is 1. The third kappa shape index (κ3) is 3.11. The average Bonchev–Trinajstić information content (AvgIpc) is 2.47. The van der Waals surface area contributed by atoms with Crippen LogP contribution in [0, 0.1) is 10.1 Å². The van der Waals surface area contributed by atoms with Crippen molar-refractivity contribution < 1.29 is 19.2 Å². The first kappa shape index (κ1) is 13.5. The van der Waals surface area contributed by atoms with E-state index in [-0.39, 0.29) is 5.69 Å². The summed E-state index contributed by atoms with van der Waals surface area (Å²) >= 11 is 0. The second kappa shape index (κ2) is 5.83. The Balaban J connectivity index is 2.17. The maximum atomic E-state index is 11.4. The van der Waals surface area contributed by atoms with Crippen LogP contribution in [-0.2, 0) is 4.74 Å². The molecule has 0 saturated carbocycles. The van der Waals surface area contributed by atoms with E-state index in [1.807, 2.05) is 0 Å². The van der Waals surface area contributed by atoms with Crippen LogP contribution in [0.3, 0.4) is 0 Å². The van der Waals surface area contributed by atoms with Crippen LogP contribution in [0.25, 0.3) is 0 Å². The summed E-state index contributed by atoms with van der Waals surface area (Å²) in [4.78, 5) is 21.4. The maximum absolute atomic E-state index is 11.4. The Morgan fingerprint density at radius 2 is 1.80 bits per heavy atom. The summed E-state index contributed by atoms with van der Waals surface area (Å²) in [6.45, 7) is 0. The van der Waals surface area contributed by atoms with Crippen molar-refractivity contribution in [1.82, 2.24) is 0 Å². The first-order valence-corrected chi connectivity index (χ1v) is 5.71. The van der Waals surface area contributed by atoms with Crippen molar-refractivity contribution >= 4 is 11.7 Å². The number of non-ortho nitro benzene ring substituents is 1. The van der Waals surface area contributed by atoms with E-state index < -0.39 is 10.9 Å². The topological polar surface area (TPSA) is 78.7 Å². The third-order valence-electron chi connectivity index (χ3n) is 2.54. The van der Waals surface area contributed by atoms with Crippen LogP contribution in [0.15, 0.2) is 48.5 Å². The van der Waals surface area contributed by atoms with Gasteiger partial charge in [-0.1, -0.05) is 6.07 Å². The lowest BCUT2D eigenvalue weighted by atomic mass is 10.2. The SMILES string of the molecule is COC(=O)c1cccc(Oc2ccc([N+](=O)[O-])cc2)c1. The first-order valence-electron chi connectivity index (χ1n) is 5.71. The minimum absolute atomic E-state index is 0.0133. The van der Waals surface area contributed by atoms with Gasteiger partial charge in [0.05, 0.1) is 17.6 Å². The summed E-state index contributed by atoms with van der Waals surface area (Å²) in [5.74, 6) is 0.429. The lowest BCUT2D eigenvalue weighted by Crippen LogP contribution is -2.00. The number of carbonyl (C=O) groups excluding carboxylic acids is 1. The van der Waals surface area contributed by atoms with E-state index in [1.165, 1.54) is 37.4 Å². The number of ether oxygens (including phenoxy) is 2. The highest BCUT2D eigenvalue weighted by Crippen LogP contribution is 2.24. The second-order valence-electron chi connectivity index (χ2n) is 3.87. The molecular formula is C14H11NO5. The normalized spacial score (nSPS) is 9.85. The monoisotopic (exact) mass is 273 g/mol. The number of nitrogens with zero attached hydrogens (tertiary/aromatic N) is 1. The van der Waals surface area contributed by atoms with Gasteiger partial charge in [0.25, 0.3) is 5.69 Å². The third-order valence-corrected chi connectivity index (χ3v) is 2.54. The van der Waals surface area contributed by atoms with E-state index in [0.29, 0.717) is 17.1 Å². The summed E-state index contributed by atoms with van der Waals surface area (Å²) in [7, 11) is 1.30. The predicted molar refractivity (Wildman–Crippen MR) is 71.0 cm³/mol. The van der Waals surface area contributed by atoms with Crippen LogP contribution < -0.4 is 4.74 Å². The Kier molecular flexibility index (Phi) is 3.95. The van der Waals surface area contributed by atoms with Crippen LogP contribution in [0.2, 0.25) is 0 Å². The molecule has 2 aromatic rings. The lowest BCUT2D eigenvalue weighted by molar-refractivity contribution is -0.384. The van der Waals surface area contributed by atoms with Gasteiger partial charge in [-0.25, -0.2) is 4.79 Å². The lowest BCUT2D eigenvalue weighted by Gasteiger charge is -2.06. The molecule has 6 heteroatoms. The average molecular weight is 273 g/mol. The summed E-state index contributed by atoms with van der Waals surface area (Å²) in [6.07, 6.45) is 0. The second-order valence-corrected chi connectivity index (χ2v) is 3.87. The summed E-state index contributed by atoms with van der Waals surface area (Å²) in [6, 6.07) is 12.1. The molecule has 0 unspecified atom stereocenters. The van der Waals surface area contributed by atoms with Gasteiger partial charge in [-0.3, -0.25) is 10.1 Å². The van der Waals surface area contributed by atoms with E-state index in [2.05, 4.69) is 4.74 Å². The Bertz CT molecular complexity index is 636. The molecule has 0 aromatic heterocycles. The van der Waals surface area contributed by atoms with Gasteiger partial charge in [0.1, 0.15) is 11.5 Å². The van der Waals surface area contributed by atoms with Gasteiger partial charge in [-0.2, -0.15) is 0 Å². The largest absolute Gasteiger partial charge is 0.465 e. The van der Waals surface area contributed by atoms with Gasteiger partial charge in [-0.15, -0.1) is 0 Å². The fourth-order valence-corrected chi connectivity index (χ4v) is 1.58. The molecule has 102 valence electrons. The highest BCUT2D eigenvalue weighted by Gasteiger charge is 2.08. The fourth-order valence-electron chi connectivity index (χ4n) is 1.58. The molecule has 0 radical (unpaired) electrons. The van der Waals surface area contributed by atoms with Gasteiger partial charge in [0, 0.05) is 12.1 Å². The molecule has 0 aliphatic rings. The summed E-state index contributed by atoms with van der Waals surface area (Å²) in [5.41, 5.74) is 0.354. The minimum atomic E-state index is -0.484. The van der Waals surface area contributed by atoms with Gasteiger partial charge in [0.2, 0.25) is 0 Å². The quantitative estimate of drug-likeness (QED) is 0.485. The molecule has 0 bridgehead atoms. The molecule has 20 heavy (non-hydrogen) atoms. The standard InChI is InChI=1S/C14H11NO5/c1-19-14(16)10-3-2-4-13(9-10)20-12-7-5-11(6-8-12)15(17)18/h2-9H,1H3. The Morgan fingerprint density at radius 3 is 2.40 bits per heavy atom. The molecule has 0 N–H and O–H groups in total. The van der Waals surface area contributed by atoms with Gasteiger partial charge < -0.3 is 9.47 Å². The van der Waals surface area contributed by atoms with Crippen molar-refractivity contribution in [2.75, 3.05) is 7.11 Å². The number of nitro benzene ring substituents is 1. The van der Waals surface area contributed by atoms with Crippen molar-refractivity contribution in [3.05, 3.63) is 64.2 Å². The van der Waals surface area contributed by atoms with Crippen LogP contribution in [0.5, 0.6) is 11.5 Å². The number of benzene rings is 2. The van der Waals surface area contributed by atoms with Crippen LogP contribution in [-0.4, -0.2) is 18.0 Å². The van der Waals surface area contributed by atoms with Crippen molar-refractivity contribution in [3.8, 4) is 11.5 Å². The van der Waals surface area contributed by atoms with Crippen molar-refractivity contribution in [3.63, 3.8) is 0 Å².